The fourth-order valence-corrected chi connectivity index (χ4v) is 1.62. The van der Waals surface area contributed by atoms with Gasteiger partial charge in [0, 0.05) is 13.2 Å². The van der Waals surface area contributed by atoms with Crippen molar-refractivity contribution in [3.8, 4) is 0 Å². The van der Waals surface area contributed by atoms with Gasteiger partial charge in [0.2, 0.25) is 0 Å². The molecule has 5 nitrogen and oxygen atoms in total. The Morgan fingerprint density at radius 3 is 1.68 bits per heavy atom. The molecule has 2 aromatic carbocycles. The molecule has 2 rings (SSSR count). The molecule has 0 amide bonds. The normalized spacial score (nSPS) is 8.92. The average molecular weight is 346 g/mol. The number of aromatic carboxylic acids is 1. The summed E-state index contributed by atoms with van der Waals surface area (Å²) in [6, 6.07) is 17.8. The SMILES string of the molecule is CCOCC.COC(=O)Cc1ccccc1.O=C(O)c1ccccc1. The first-order valence-electron chi connectivity index (χ1n) is 8.01. The van der Waals surface area contributed by atoms with Gasteiger partial charge in [0.05, 0.1) is 19.1 Å². The number of carbonyl (C=O) groups is 2. The minimum absolute atomic E-state index is 0.198. The van der Waals surface area contributed by atoms with Crippen molar-refractivity contribution in [2.75, 3.05) is 20.3 Å². The van der Waals surface area contributed by atoms with E-state index in [9.17, 15) is 9.59 Å². The Bertz CT molecular complexity index is 580. The lowest BCUT2D eigenvalue weighted by atomic mass is 10.2. The van der Waals surface area contributed by atoms with Gasteiger partial charge in [0.25, 0.3) is 0 Å². The van der Waals surface area contributed by atoms with E-state index in [0.717, 1.165) is 18.8 Å². The Balaban J connectivity index is 0.000000372. The zero-order chi connectivity index (χ0) is 18.9. The van der Waals surface area contributed by atoms with Crippen molar-refractivity contribution in [2.24, 2.45) is 0 Å². The first-order valence-corrected chi connectivity index (χ1v) is 8.01. The van der Waals surface area contributed by atoms with E-state index in [2.05, 4.69) is 4.74 Å². The molecular formula is C20H26O5. The van der Waals surface area contributed by atoms with Crippen LogP contribution in [0.25, 0.3) is 0 Å². The summed E-state index contributed by atoms with van der Waals surface area (Å²) in [5.41, 5.74) is 1.32. The maximum absolute atomic E-state index is 10.8. The molecule has 0 aliphatic heterocycles. The third-order valence-electron chi connectivity index (χ3n) is 2.85. The number of esters is 1. The molecule has 0 radical (unpaired) electrons. The van der Waals surface area contributed by atoms with Crippen molar-refractivity contribution in [3.63, 3.8) is 0 Å². The number of rotatable bonds is 5. The van der Waals surface area contributed by atoms with Crippen molar-refractivity contribution in [1.29, 1.82) is 0 Å². The maximum Gasteiger partial charge on any atom is 0.335 e. The summed E-state index contributed by atoms with van der Waals surface area (Å²) in [7, 11) is 1.39. The van der Waals surface area contributed by atoms with E-state index in [1.807, 2.05) is 44.2 Å². The van der Waals surface area contributed by atoms with Crippen LogP contribution in [-0.4, -0.2) is 37.4 Å². The van der Waals surface area contributed by atoms with Crippen molar-refractivity contribution in [2.45, 2.75) is 20.3 Å². The Kier molecular flexibility index (Phi) is 13.3. The fourth-order valence-electron chi connectivity index (χ4n) is 1.62. The summed E-state index contributed by atoms with van der Waals surface area (Å²) in [6.45, 7) is 5.67. The lowest BCUT2D eigenvalue weighted by Gasteiger charge is -1.97. The Morgan fingerprint density at radius 1 is 0.880 bits per heavy atom. The quantitative estimate of drug-likeness (QED) is 0.833. The summed E-state index contributed by atoms with van der Waals surface area (Å²) in [5, 5.41) is 8.38. The Labute approximate surface area is 149 Å². The summed E-state index contributed by atoms with van der Waals surface area (Å²) in [4.78, 5) is 21.0. The first-order chi connectivity index (χ1) is 12.0. The minimum Gasteiger partial charge on any atom is -0.478 e. The summed E-state index contributed by atoms with van der Waals surface area (Å²) < 4.78 is 9.35. The number of hydrogen-bond donors (Lipinski definition) is 1. The Hall–Kier alpha value is -2.66. The lowest BCUT2D eigenvalue weighted by Crippen LogP contribution is -2.03. The molecule has 25 heavy (non-hydrogen) atoms. The van der Waals surface area contributed by atoms with Crippen LogP contribution in [0.15, 0.2) is 60.7 Å². The topological polar surface area (TPSA) is 72.8 Å². The highest BCUT2D eigenvalue weighted by molar-refractivity contribution is 5.87. The summed E-state index contributed by atoms with van der Waals surface area (Å²) in [6.07, 6.45) is 0.358. The molecule has 0 saturated heterocycles. The van der Waals surface area contributed by atoms with Gasteiger partial charge in [-0.05, 0) is 31.5 Å². The number of ether oxygens (including phenoxy) is 2. The molecule has 0 fully saturated rings. The number of carboxylic acids is 1. The molecular weight excluding hydrogens is 320 g/mol. The predicted molar refractivity (Wildman–Crippen MR) is 97.7 cm³/mol. The smallest absolute Gasteiger partial charge is 0.335 e. The minimum atomic E-state index is -0.879. The second-order valence-electron chi connectivity index (χ2n) is 4.69. The van der Waals surface area contributed by atoms with E-state index < -0.39 is 5.97 Å². The molecule has 5 heteroatoms. The van der Waals surface area contributed by atoms with Crippen molar-refractivity contribution in [1.82, 2.24) is 0 Å². The van der Waals surface area contributed by atoms with Crippen LogP contribution in [0.2, 0.25) is 0 Å². The van der Waals surface area contributed by atoms with Gasteiger partial charge < -0.3 is 14.6 Å². The molecule has 0 aliphatic carbocycles. The molecule has 0 spiro atoms. The van der Waals surface area contributed by atoms with Crippen LogP contribution in [0.3, 0.4) is 0 Å². The van der Waals surface area contributed by atoms with E-state index in [4.69, 9.17) is 9.84 Å². The maximum atomic E-state index is 10.8. The third kappa shape index (κ3) is 12.4. The van der Waals surface area contributed by atoms with Crippen molar-refractivity contribution in [3.05, 3.63) is 71.8 Å². The summed E-state index contributed by atoms with van der Waals surface area (Å²) in [5.74, 6) is -1.08. The van der Waals surface area contributed by atoms with Crippen molar-refractivity contribution >= 4 is 11.9 Å². The van der Waals surface area contributed by atoms with Crippen LogP contribution in [0.1, 0.15) is 29.8 Å². The number of hydrogen-bond acceptors (Lipinski definition) is 4. The van der Waals surface area contributed by atoms with Crippen LogP contribution in [0, 0.1) is 0 Å². The molecule has 0 bridgehead atoms. The summed E-state index contributed by atoms with van der Waals surface area (Å²) >= 11 is 0. The molecule has 0 saturated carbocycles. The van der Waals surface area contributed by atoms with Crippen LogP contribution in [-0.2, 0) is 20.7 Å². The zero-order valence-electron chi connectivity index (χ0n) is 15.0. The second kappa shape index (κ2) is 14.9. The van der Waals surface area contributed by atoms with Crippen LogP contribution >= 0.6 is 0 Å². The molecule has 0 aliphatic rings. The molecule has 2 aromatic rings. The van der Waals surface area contributed by atoms with E-state index in [1.54, 1.807) is 30.3 Å². The average Bonchev–Trinajstić information content (AvgIpc) is 2.65. The van der Waals surface area contributed by atoms with E-state index in [-0.39, 0.29) is 5.97 Å². The van der Waals surface area contributed by atoms with Gasteiger partial charge in [-0.25, -0.2) is 4.79 Å². The molecule has 0 aromatic heterocycles. The number of carbonyl (C=O) groups excluding carboxylic acids is 1. The largest absolute Gasteiger partial charge is 0.478 e. The monoisotopic (exact) mass is 346 g/mol. The first kappa shape index (κ1) is 22.3. The number of carboxylic acid groups (broad SMARTS) is 1. The third-order valence-corrected chi connectivity index (χ3v) is 2.85. The molecule has 0 atom stereocenters. The standard InChI is InChI=1S/C9H10O2.C7H6O2.C4H10O/c1-11-9(10)7-8-5-3-2-4-6-8;8-7(9)6-4-2-1-3-5-6;1-3-5-4-2/h2-6H,7H2,1H3;1-5H,(H,8,9);3-4H2,1-2H3. The van der Waals surface area contributed by atoms with Gasteiger partial charge in [-0.15, -0.1) is 0 Å². The van der Waals surface area contributed by atoms with Crippen molar-refractivity contribution < 1.29 is 24.2 Å². The highest BCUT2D eigenvalue weighted by Crippen LogP contribution is 1.99. The fraction of sp³-hybridized carbons (Fsp3) is 0.300. The molecule has 1 N–H and O–H groups in total. The number of benzene rings is 2. The van der Waals surface area contributed by atoms with E-state index in [1.165, 1.54) is 7.11 Å². The highest BCUT2D eigenvalue weighted by Gasteiger charge is 1.99. The zero-order valence-corrected chi connectivity index (χ0v) is 15.0. The van der Waals surface area contributed by atoms with Gasteiger partial charge in [-0.3, -0.25) is 4.79 Å². The van der Waals surface area contributed by atoms with E-state index in [0.29, 0.717) is 12.0 Å². The van der Waals surface area contributed by atoms with Gasteiger partial charge in [0.1, 0.15) is 0 Å². The lowest BCUT2D eigenvalue weighted by molar-refractivity contribution is -0.139. The van der Waals surface area contributed by atoms with Gasteiger partial charge in [-0.1, -0.05) is 48.5 Å². The molecule has 0 unspecified atom stereocenters. The second-order valence-corrected chi connectivity index (χ2v) is 4.69. The van der Waals surface area contributed by atoms with Crippen LogP contribution in [0.4, 0.5) is 0 Å². The number of methoxy groups -OCH3 is 1. The predicted octanol–water partition coefficient (Wildman–Crippen LogP) is 3.83. The van der Waals surface area contributed by atoms with Gasteiger partial charge in [-0.2, -0.15) is 0 Å². The Morgan fingerprint density at radius 2 is 1.36 bits per heavy atom. The van der Waals surface area contributed by atoms with Crippen LogP contribution < -0.4 is 0 Å². The van der Waals surface area contributed by atoms with Crippen LogP contribution in [0.5, 0.6) is 0 Å². The highest BCUT2D eigenvalue weighted by atomic mass is 16.5. The van der Waals surface area contributed by atoms with E-state index >= 15 is 0 Å². The molecule has 0 heterocycles. The van der Waals surface area contributed by atoms with Gasteiger partial charge >= 0.3 is 11.9 Å². The van der Waals surface area contributed by atoms with Gasteiger partial charge in [0.15, 0.2) is 0 Å². The molecule has 136 valence electrons.